The summed E-state index contributed by atoms with van der Waals surface area (Å²) in [4.78, 5) is 18.8. The standard InChI is InChI=1S/C21H17N3O2S/c1-26-15-5-2-4-13(8-15)16-11-22-24-12-17-18(23-21(16)24)9-14(10-19(17)25)20-6-3-7-27-20/h2-8,11-12,14H,9-10H2,1H3. The molecule has 0 N–H and O–H groups in total. The average molecular weight is 375 g/mol. The summed E-state index contributed by atoms with van der Waals surface area (Å²) in [6.45, 7) is 0. The summed E-state index contributed by atoms with van der Waals surface area (Å²) < 4.78 is 7.04. The molecule has 0 fully saturated rings. The van der Waals surface area contributed by atoms with Crippen molar-refractivity contribution in [1.29, 1.82) is 0 Å². The first-order valence-electron chi connectivity index (χ1n) is 8.81. The predicted molar refractivity (Wildman–Crippen MR) is 105 cm³/mol. The third kappa shape index (κ3) is 2.73. The zero-order valence-corrected chi connectivity index (χ0v) is 15.6. The van der Waals surface area contributed by atoms with Gasteiger partial charge in [-0.05, 0) is 35.6 Å². The summed E-state index contributed by atoms with van der Waals surface area (Å²) in [7, 11) is 1.65. The van der Waals surface area contributed by atoms with Crippen molar-refractivity contribution in [3.05, 3.63) is 70.3 Å². The minimum Gasteiger partial charge on any atom is -0.497 e. The van der Waals surface area contributed by atoms with Crippen molar-refractivity contribution in [2.75, 3.05) is 7.11 Å². The van der Waals surface area contributed by atoms with Crippen molar-refractivity contribution in [3.63, 3.8) is 0 Å². The van der Waals surface area contributed by atoms with E-state index in [-0.39, 0.29) is 11.7 Å². The topological polar surface area (TPSA) is 56.5 Å². The largest absolute Gasteiger partial charge is 0.497 e. The highest BCUT2D eigenvalue weighted by molar-refractivity contribution is 7.10. The van der Waals surface area contributed by atoms with Gasteiger partial charge in [0.2, 0.25) is 0 Å². The Morgan fingerprint density at radius 2 is 2.11 bits per heavy atom. The molecular formula is C21H17N3O2S. The molecule has 6 heteroatoms. The first kappa shape index (κ1) is 16.2. The van der Waals surface area contributed by atoms with Crippen LogP contribution in [0.4, 0.5) is 0 Å². The van der Waals surface area contributed by atoms with E-state index in [2.05, 4.69) is 16.5 Å². The fourth-order valence-electron chi connectivity index (χ4n) is 3.69. The number of methoxy groups -OCH3 is 1. The second-order valence-corrected chi connectivity index (χ2v) is 7.68. The van der Waals surface area contributed by atoms with E-state index < -0.39 is 0 Å². The number of fused-ring (bicyclic) bond motifs is 2. The SMILES string of the molecule is COc1cccc(-c2cnn3cc4c(nc23)CC(c2cccs2)CC4=O)c1. The molecule has 1 atom stereocenters. The second-order valence-electron chi connectivity index (χ2n) is 6.70. The highest BCUT2D eigenvalue weighted by Gasteiger charge is 2.29. The normalized spacial score (nSPS) is 16.5. The van der Waals surface area contributed by atoms with Gasteiger partial charge in [-0.15, -0.1) is 11.3 Å². The van der Waals surface area contributed by atoms with Gasteiger partial charge in [0.1, 0.15) is 5.75 Å². The third-order valence-corrected chi connectivity index (χ3v) is 6.11. The smallest absolute Gasteiger partial charge is 0.166 e. The van der Waals surface area contributed by atoms with Crippen LogP contribution in [0.1, 0.15) is 33.3 Å². The molecule has 4 aromatic rings. The first-order valence-corrected chi connectivity index (χ1v) is 9.69. The lowest BCUT2D eigenvalue weighted by Crippen LogP contribution is -2.20. The number of carbonyl (C=O) groups is 1. The van der Waals surface area contributed by atoms with Crippen LogP contribution in [0.3, 0.4) is 0 Å². The fourth-order valence-corrected chi connectivity index (χ4v) is 4.52. The van der Waals surface area contributed by atoms with Gasteiger partial charge in [0.05, 0.1) is 24.6 Å². The minimum atomic E-state index is 0.141. The van der Waals surface area contributed by atoms with Crippen molar-refractivity contribution in [2.45, 2.75) is 18.8 Å². The second kappa shape index (κ2) is 6.32. The van der Waals surface area contributed by atoms with Gasteiger partial charge in [-0.3, -0.25) is 4.79 Å². The van der Waals surface area contributed by atoms with Crippen molar-refractivity contribution < 1.29 is 9.53 Å². The summed E-state index contributed by atoms with van der Waals surface area (Å²) in [6.07, 6.45) is 4.93. The lowest BCUT2D eigenvalue weighted by Gasteiger charge is -2.22. The first-order chi connectivity index (χ1) is 13.2. The number of rotatable bonds is 3. The van der Waals surface area contributed by atoms with Gasteiger partial charge in [-0.2, -0.15) is 5.10 Å². The van der Waals surface area contributed by atoms with E-state index in [1.54, 1.807) is 29.2 Å². The van der Waals surface area contributed by atoms with Crippen LogP contribution in [0.25, 0.3) is 16.8 Å². The Morgan fingerprint density at radius 1 is 1.19 bits per heavy atom. The third-order valence-electron chi connectivity index (χ3n) is 5.07. The Balaban J connectivity index is 1.62. The lowest BCUT2D eigenvalue weighted by atomic mass is 9.85. The maximum absolute atomic E-state index is 12.7. The number of benzene rings is 1. The Kier molecular flexibility index (Phi) is 3.79. The molecule has 3 heterocycles. The van der Waals surface area contributed by atoms with E-state index >= 15 is 0 Å². The number of ketones is 1. The van der Waals surface area contributed by atoms with Crippen LogP contribution in [0, 0.1) is 0 Å². The monoisotopic (exact) mass is 375 g/mol. The maximum atomic E-state index is 12.7. The molecule has 0 saturated heterocycles. The number of Topliss-reactive ketones (excluding diaryl/α,β-unsaturated/α-hetero) is 1. The van der Waals surface area contributed by atoms with Crippen LogP contribution < -0.4 is 4.74 Å². The number of hydrogen-bond donors (Lipinski definition) is 0. The summed E-state index contributed by atoms with van der Waals surface area (Å²) >= 11 is 1.70. The molecule has 0 radical (unpaired) electrons. The molecule has 0 bridgehead atoms. The van der Waals surface area contributed by atoms with E-state index in [1.165, 1.54) is 4.88 Å². The van der Waals surface area contributed by atoms with Crippen molar-refractivity contribution in [1.82, 2.24) is 14.6 Å². The molecule has 5 rings (SSSR count). The zero-order chi connectivity index (χ0) is 18.4. The number of nitrogens with zero attached hydrogens (tertiary/aromatic N) is 3. The van der Waals surface area contributed by atoms with Gasteiger partial charge in [0.25, 0.3) is 0 Å². The molecule has 1 aliphatic carbocycles. The van der Waals surface area contributed by atoms with Crippen molar-refractivity contribution >= 4 is 22.8 Å². The maximum Gasteiger partial charge on any atom is 0.166 e. The highest BCUT2D eigenvalue weighted by atomic mass is 32.1. The molecule has 134 valence electrons. The summed E-state index contributed by atoms with van der Waals surface area (Å²) in [5.74, 6) is 1.14. The molecule has 0 amide bonds. The Hall–Kier alpha value is -2.99. The molecule has 27 heavy (non-hydrogen) atoms. The van der Waals surface area contributed by atoms with Gasteiger partial charge in [0.15, 0.2) is 11.4 Å². The van der Waals surface area contributed by atoms with Gasteiger partial charge in [-0.1, -0.05) is 18.2 Å². The van der Waals surface area contributed by atoms with Crippen LogP contribution in [0.5, 0.6) is 5.75 Å². The van der Waals surface area contributed by atoms with Crippen molar-refractivity contribution in [3.8, 4) is 16.9 Å². The molecule has 1 aromatic carbocycles. The molecule has 0 saturated carbocycles. The van der Waals surface area contributed by atoms with Gasteiger partial charge in [-0.25, -0.2) is 9.50 Å². The molecule has 5 nitrogen and oxygen atoms in total. The number of carbonyl (C=O) groups excluding carboxylic acids is 1. The fraction of sp³-hybridized carbons (Fsp3) is 0.190. The van der Waals surface area contributed by atoms with Gasteiger partial charge >= 0.3 is 0 Å². The van der Waals surface area contributed by atoms with E-state index in [1.807, 2.05) is 36.5 Å². The van der Waals surface area contributed by atoms with Crippen LogP contribution in [-0.2, 0) is 6.42 Å². The van der Waals surface area contributed by atoms with E-state index in [4.69, 9.17) is 9.72 Å². The quantitative estimate of drug-likeness (QED) is 0.533. The van der Waals surface area contributed by atoms with Crippen LogP contribution in [0.2, 0.25) is 0 Å². The molecule has 0 aliphatic heterocycles. The molecule has 0 spiro atoms. The van der Waals surface area contributed by atoms with Crippen molar-refractivity contribution in [2.24, 2.45) is 0 Å². The minimum absolute atomic E-state index is 0.141. The van der Waals surface area contributed by atoms with Gasteiger partial charge < -0.3 is 4.74 Å². The Bertz CT molecular complexity index is 1150. The molecule has 1 unspecified atom stereocenters. The van der Waals surface area contributed by atoms with E-state index in [0.29, 0.717) is 12.0 Å². The predicted octanol–water partition coefficient (Wildman–Crippen LogP) is 4.38. The zero-order valence-electron chi connectivity index (χ0n) is 14.8. The van der Waals surface area contributed by atoms with Crippen LogP contribution in [-0.4, -0.2) is 27.5 Å². The number of hydrogen-bond acceptors (Lipinski definition) is 5. The number of aromatic nitrogens is 3. The molecule has 3 aromatic heterocycles. The molecular weight excluding hydrogens is 358 g/mol. The highest BCUT2D eigenvalue weighted by Crippen LogP contribution is 2.35. The van der Waals surface area contributed by atoms with Crippen LogP contribution in [0.15, 0.2) is 54.2 Å². The van der Waals surface area contributed by atoms with Gasteiger partial charge in [0, 0.05) is 29.0 Å². The summed E-state index contributed by atoms with van der Waals surface area (Å²) in [5.41, 5.74) is 4.25. The Morgan fingerprint density at radius 3 is 2.93 bits per heavy atom. The summed E-state index contributed by atoms with van der Waals surface area (Å²) in [5, 5.41) is 6.48. The number of ether oxygens (including phenoxy) is 1. The van der Waals surface area contributed by atoms with E-state index in [0.717, 1.165) is 34.6 Å². The lowest BCUT2D eigenvalue weighted by molar-refractivity contribution is 0.0963. The molecule has 1 aliphatic rings. The van der Waals surface area contributed by atoms with E-state index in [9.17, 15) is 4.79 Å². The Labute approximate surface area is 160 Å². The summed E-state index contributed by atoms with van der Waals surface area (Å²) in [6, 6.07) is 12.0. The van der Waals surface area contributed by atoms with Crippen LogP contribution >= 0.6 is 11.3 Å². The average Bonchev–Trinajstić information content (AvgIpc) is 3.36. The number of thiophene rings is 1.